The Balaban J connectivity index is 2.44. The van der Waals surface area contributed by atoms with Gasteiger partial charge in [0.05, 0.1) is 17.5 Å². The summed E-state index contributed by atoms with van der Waals surface area (Å²) >= 11 is 0. The molecule has 0 N–H and O–H groups in total. The van der Waals surface area contributed by atoms with Gasteiger partial charge in [-0.15, -0.1) is 0 Å². The van der Waals surface area contributed by atoms with Crippen molar-refractivity contribution in [3.63, 3.8) is 0 Å². The molecule has 0 aliphatic heterocycles. The Morgan fingerprint density at radius 1 is 1.31 bits per heavy atom. The van der Waals surface area contributed by atoms with Gasteiger partial charge in [-0.25, -0.2) is 23.2 Å². The Labute approximate surface area is 145 Å². The number of pyridine rings is 2. The maximum absolute atomic E-state index is 13.5. The van der Waals surface area contributed by atoms with Crippen LogP contribution in [0.25, 0.3) is 21.9 Å². The molecule has 9 heteroatoms. The molecule has 26 heavy (non-hydrogen) atoms. The molecule has 3 aromatic rings. The van der Waals surface area contributed by atoms with Crippen molar-refractivity contribution in [1.82, 2.24) is 9.66 Å². The summed E-state index contributed by atoms with van der Waals surface area (Å²) in [4.78, 5) is 40.1. The van der Waals surface area contributed by atoms with E-state index in [1.54, 1.807) is 6.92 Å². The van der Waals surface area contributed by atoms with Crippen LogP contribution in [0.1, 0.15) is 17.3 Å². The normalized spacial score (nSPS) is 10.9. The van der Waals surface area contributed by atoms with Gasteiger partial charge in [0.15, 0.2) is 17.3 Å². The molecule has 0 saturated heterocycles. The molecular formula is C17H13F2N3O4. The topological polar surface area (TPSA) is 81.5 Å². The lowest BCUT2D eigenvalue weighted by Gasteiger charge is -2.18. The Bertz CT molecular complexity index is 1110. The zero-order valence-corrected chi connectivity index (χ0v) is 13.8. The van der Waals surface area contributed by atoms with Crippen LogP contribution < -0.4 is 10.4 Å². The first-order chi connectivity index (χ1) is 12.4. The van der Waals surface area contributed by atoms with E-state index in [1.807, 2.05) is 0 Å². The number of ether oxygens (including phenoxy) is 1. The van der Waals surface area contributed by atoms with E-state index < -0.39 is 23.0 Å². The van der Waals surface area contributed by atoms with E-state index in [0.717, 1.165) is 28.0 Å². The fraction of sp³-hybridized carbons (Fsp3) is 0.176. The second-order valence-corrected chi connectivity index (χ2v) is 5.43. The number of carbonyl (C=O) groups excluding carboxylic acids is 2. The summed E-state index contributed by atoms with van der Waals surface area (Å²) in [5.74, 6) is -3.05. The van der Waals surface area contributed by atoms with Crippen LogP contribution in [-0.2, 0) is 9.53 Å². The molecule has 3 rings (SSSR count). The molecule has 1 aromatic carbocycles. The smallest absolute Gasteiger partial charge is 0.343 e. The summed E-state index contributed by atoms with van der Waals surface area (Å²) < 4.78 is 33.0. The van der Waals surface area contributed by atoms with Crippen LogP contribution in [0.4, 0.5) is 8.78 Å². The predicted molar refractivity (Wildman–Crippen MR) is 89.6 cm³/mol. The number of hydrogen-bond acceptors (Lipinski definition) is 5. The van der Waals surface area contributed by atoms with Gasteiger partial charge in [0.2, 0.25) is 11.8 Å². The first kappa shape index (κ1) is 17.5. The van der Waals surface area contributed by atoms with Crippen LogP contribution >= 0.6 is 0 Å². The molecule has 7 nitrogen and oxygen atoms in total. The molecule has 2 heterocycles. The van der Waals surface area contributed by atoms with Crippen LogP contribution in [0, 0.1) is 11.6 Å². The number of halogens is 2. The Morgan fingerprint density at radius 3 is 2.65 bits per heavy atom. The zero-order valence-electron chi connectivity index (χ0n) is 13.8. The van der Waals surface area contributed by atoms with Crippen molar-refractivity contribution in [1.29, 1.82) is 0 Å². The van der Waals surface area contributed by atoms with E-state index in [2.05, 4.69) is 4.98 Å². The van der Waals surface area contributed by atoms with E-state index in [9.17, 15) is 23.2 Å². The molecule has 2 aromatic heterocycles. The number of esters is 1. The van der Waals surface area contributed by atoms with E-state index >= 15 is 0 Å². The minimum absolute atomic E-state index is 0.0103. The van der Waals surface area contributed by atoms with Gasteiger partial charge < -0.3 is 4.74 Å². The van der Waals surface area contributed by atoms with E-state index in [4.69, 9.17) is 4.74 Å². The maximum Gasteiger partial charge on any atom is 0.343 e. The molecule has 0 unspecified atom stereocenters. The van der Waals surface area contributed by atoms with Crippen LogP contribution in [0.15, 0.2) is 29.2 Å². The highest BCUT2D eigenvalue weighted by molar-refractivity contribution is 5.97. The van der Waals surface area contributed by atoms with Crippen molar-refractivity contribution in [3.8, 4) is 0 Å². The maximum atomic E-state index is 13.5. The number of fused-ring (bicyclic) bond motifs is 2. The third-order valence-electron chi connectivity index (χ3n) is 3.78. The lowest BCUT2D eigenvalue weighted by Crippen LogP contribution is -2.32. The first-order valence-corrected chi connectivity index (χ1v) is 7.58. The Kier molecular flexibility index (Phi) is 4.37. The summed E-state index contributed by atoms with van der Waals surface area (Å²) in [6.07, 6.45) is 1.56. The number of nitrogens with zero attached hydrogens (tertiary/aromatic N) is 3. The van der Waals surface area contributed by atoms with Gasteiger partial charge in [-0.2, -0.15) is 0 Å². The molecule has 0 fully saturated rings. The lowest BCUT2D eigenvalue weighted by atomic mass is 10.1. The number of hydrogen-bond donors (Lipinski definition) is 0. The molecule has 0 bridgehead atoms. The largest absolute Gasteiger partial charge is 0.462 e. The highest BCUT2D eigenvalue weighted by Crippen LogP contribution is 2.21. The van der Waals surface area contributed by atoms with Gasteiger partial charge >= 0.3 is 5.97 Å². The second kappa shape index (κ2) is 6.51. The molecule has 0 atom stereocenters. The van der Waals surface area contributed by atoms with Crippen LogP contribution in [-0.4, -0.2) is 35.7 Å². The van der Waals surface area contributed by atoms with E-state index in [0.29, 0.717) is 6.41 Å². The van der Waals surface area contributed by atoms with Crippen LogP contribution in [0.2, 0.25) is 0 Å². The minimum Gasteiger partial charge on any atom is -0.462 e. The third kappa shape index (κ3) is 2.77. The third-order valence-corrected chi connectivity index (χ3v) is 3.78. The van der Waals surface area contributed by atoms with Gasteiger partial charge in [0.1, 0.15) is 5.56 Å². The van der Waals surface area contributed by atoms with Gasteiger partial charge in [-0.05, 0) is 19.1 Å². The summed E-state index contributed by atoms with van der Waals surface area (Å²) in [5, 5.41) is 1.18. The molecule has 0 aliphatic carbocycles. The minimum atomic E-state index is -1.09. The number of rotatable bonds is 4. The number of aromatic nitrogens is 2. The molecular weight excluding hydrogens is 348 g/mol. The Hall–Kier alpha value is -3.36. The monoisotopic (exact) mass is 361 g/mol. The zero-order chi connectivity index (χ0) is 19.0. The quantitative estimate of drug-likeness (QED) is 0.402. The van der Waals surface area contributed by atoms with Crippen molar-refractivity contribution in [2.75, 3.05) is 18.7 Å². The van der Waals surface area contributed by atoms with Gasteiger partial charge in [-0.1, -0.05) is 0 Å². The van der Waals surface area contributed by atoms with Crippen LogP contribution in [0.3, 0.4) is 0 Å². The molecule has 0 radical (unpaired) electrons. The van der Waals surface area contributed by atoms with E-state index in [1.165, 1.54) is 13.1 Å². The van der Waals surface area contributed by atoms with Gasteiger partial charge in [0, 0.05) is 24.7 Å². The molecule has 134 valence electrons. The van der Waals surface area contributed by atoms with Crippen LogP contribution in [0.5, 0.6) is 0 Å². The molecule has 1 amide bonds. The van der Waals surface area contributed by atoms with Crippen molar-refractivity contribution < 1.29 is 23.1 Å². The van der Waals surface area contributed by atoms with Crippen molar-refractivity contribution in [2.24, 2.45) is 0 Å². The summed E-state index contributed by atoms with van der Waals surface area (Å²) in [6.45, 7) is 1.64. The molecule has 0 saturated carbocycles. The first-order valence-electron chi connectivity index (χ1n) is 7.58. The summed E-state index contributed by atoms with van der Waals surface area (Å²) in [6, 6.07) is 3.08. The SMILES string of the molecule is CCOC(=O)c1cn(N(C)C=O)c2nc3cc(F)c(F)cc3cc2c1=O. The standard InChI is InChI=1S/C17H13F2N3O4/c1-3-26-17(25)11-7-22(21(2)8-23)16-10(15(11)24)4-9-5-12(18)13(19)6-14(9)20-16/h4-8H,3H2,1-2H3. The van der Waals surface area contributed by atoms with Crippen molar-refractivity contribution >= 4 is 34.3 Å². The fourth-order valence-corrected chi connectivity index (χ4v) is 2.53. The van der Waals surface area contributed by atoms with E-state index in [-0.39, 0.29) is 34.1 Å². The van der Waals surface area contributed by atoms with Gasteiger partial charge in [-0.3, -0.25) is 14.6 Å². The predicted octanol–water partition coefficient (Wildman–Crippen LogP) is 1.73. The number of carbonyl (C=O) groups is 2. The highest BCUT2D eigenvalue weighted by atomic mass is 19.2. The number of benzene rings is 1. The Morgan fingerprint density at radius 2 is 2.00 bits per heavy atom. The second-order valence-electron chi connectivity index (χ2n) is 5.43. The lowest BCUT2D eigenvalue weighted by molar-refractivity contribution is -0.108. The van der Waals surface area contributed by atoms with Crippen molar-refractivity contribution in [3.05, 3.63) is 51.8 Å². The number of amides is 1. The average molecular weight is 361 g/mol. The average Bonchev–Trinajstić information content (AvgIpc) is 2.61. The summed E-state index contributed by atoms with van der Waals surface area (Å²) in [5.41, 5.74) is -0.895. The molecule has 0 spiro atoms. The fourth-order valence-electron chi connectivity index (χ4n) is 2.53. The van der Waals surface area contributed by atoms with Crippen molar-refractivity contribution in [2.45, 2.75) is 6.92 Å². The molecule has 0 aliphatic rings. The summed E-state index contributed by atoms with van der Waals surface area (Å²) in [7, 11) is 1.38. The highest BCUT2D eigenvalue weighted by Gasteiger charge is 2.20. The van der Waals surface area contributed by atoms with Gasteiger partial charge in [0.25, 0.3) is 0 Å².